The summed E-state index contributed by atoms with van der Waals surface area (Å²) >= 11 is 0. The molecule has 0 aromatic heterocycles. The van der Waals surface area contributed by atoms with Crippen molar-refractivity contribution >= 4 is 45.3 Å². The zero-order chi connectivity index (χ0) is 40.9. The van der Waals surface area contributed by atoms with Crippen LogP contribution in [0.25, 0.3) is 33.4 Å². The highest BCUT2D eigenvalue weighted by atomic mass is 15.2. The Balaban J connectivity index is 1.22. The predicted molar refractivity (Wildman–Crippen MR) is 257 cm³/mol. The van der Waals surface area contributed by atoms with Crippen LogP contribution in [0, 0.1) is 0 Å². The molecule has 61 heavy (non-hydrogen) atoms. The summed E-state index contributed by atoms with van der Waals surface area (Å²) in [6, 6.07) is 84.2. The number of hydrogen-bond donors (Lipinski definition) is 0. The van der Waals surface area contributed by atoms with E-state index in [0.29, 0.717) is 0 Å². The van der Waals surface area contributed by atoms with E-state index in [1.54, 1.807) is 0 Å². The van der Waals surface area contributed by atoms with Gasteiger partial charge in [0.25, 0.3) is 0 Å². The summed E-state index contributed by atoms with van der Waals surface area (Å²) in [6.07, 6.45) is 0. The fourth-order valence-electron chi connectivity index (χ4n) is 9.79. The van der Waals surface area contributed by atoms with Gasteiger partial charge in [-0.2, -0.15) is 0 Å². The highest BCUT2D eigenvalue weighted by Crippen LogP contribution is 2.55. The Bertz CT molecular complexity index is 3050. The van der Waals surface area contributed by atoms with Crippen LogP contribution in [-0.2, 0) is 5.41 Å². The summed E-state index contributed by atoms with van der Waals surface area (Å²) in [5.41, 5.74) is 21.4. The first-order valence-corrected chi connectivity index (χ1v) is 21.2. The monoisotopic (exact) mass is 780 g/mol. The van der Waals surface area contributed by atoms with E-state index in [0.717, 1.165) is 34.1 Å². The van der Waals surface area contributed by atoms with E-state index in [1.807, 2.05) is 0 Å². The molecule has 0 spiro atoms. The maximum atomic E-state index is 2.48. The summed E-state index contributed by atoms with van der Waals surface area (Å²) in [7, 11) is 0. The van der Waals surface area contributed by atoms with Crippen molar-refractivity contribution in [2.24, 2.45) is 0 Å². The number of anilines is 6. The van der Waals surface area contributed by atoms with Gasteiger partial charge in [-0.15, -0.1) is 0 Å². The fraction of sp³-hybridized carbons (Fsp3) is 0.0508. The van der Waals surface area contributed by atoms with Crippen molar-refractivity contribution in [2.45, 2.75) is 19.3 Å². The Morgan fingerprint density at radius 2 is 0.902 bits per heavy atom. The molecule has 290 valence electrons. The van der Waals surface area contributed by atoms with Crippen molar-refractivity contribution in [1.82, 2.24) is 0 Å². The minimum atomic E-state index is -0.154. The molecule has 0 fully saturated rings. The SMILES string of the molecule is CC1(C)c2ccccc2-c2ccc(N(c3ccc4c(c3)C(=C(c3ccccc3)c3ccccc3)c3ccccc3N4c3ccccc3)c3ccccc3-c3ccccc3)cc21. The Kier molecular flexibility index (Phi) is 8.86. The van der Waals surface area contributed by atoms with Gasteiger partial charge in [-0.3, -0.25) is 0 Å². The van der Waals surface area contributed by atoms with Crippen LogP contribution in [0.15, 0.2) is 231 Å². The van der Waals surface area contributed by atoms with Gasteiger partial charge in [0.1, 0.15) is 0 Å². The topological polar surface area (TPSA) is 6.48 Å². The van der Waals surface area contributed by atoms with Gasteiger partial charge in [0, 0.05) is 44.7 Å². The first-order valence-electron chi connectivity index (χ1n) is 21.2. The largest absolute Gasteiger partial charge is 0.310 e. The summed E-state index contributed by atoms with van der Waals surface area (Å²) in [5.74, 6) is 0. The molecule has 1 aliphatic heterocycles. The van der Waals surface area contributed by atoms with E-state index in [4.69, 9.17) is 0 Å². The smallest absolute Gasteiger partial charge is 0.0542 e. The lowest BCUT2D eigenvalue weighted by atomic mass is 9.81. The molecule has 0 saturated carbocycles. The third-order valence-corrected chi connectivity index (χ3v) is 12.6. The molecule has 2 nitrogen and oxygen atoms in total. The molecule has 0 N–H and O–H groups in total. The van der Waals surface area contributed by atoms with Gasteiger partial charge in [-0.05, 0) is 99.1 Å². The third-order valence-electron chi connectivity index (χ3n) is 12.6. The van der Waals surface area contributed by atoms with Crippen molar-refractivity contribution in [3.63, 3.8) is 0 Å². The van der Waals surface area contributed by atoms with Crippen molar-refractivity contribution in [3.05, 3.63) is 264 Å². The Morgan fingerprint density at radius 3 is 1.61 bits per heavy atom. The molecule has 0 radical (unpaired) electrons. The highest BCUT2D eigenvalue weighted by Gasteiger charge is 2.36. The normalized spacial score (nSPS) is 13.1. The van der Waals surface area contributed by atoms with E-state index in [1.165, 1.54) is 66.8 Å². The molecule has 0 bridgehead atoms. The third kappa shape index (κ3) is 6.10. The minimum absolute atomic E-state index is 0.154. The molecule has 9 aromatic rings. The lowest BCUT2D eigenvalue weighted by Gasteiger charge is -2.37. The van der Waals surface area contributed by atoms with Gasteiger partial charge in [0.05, 0.1) is 17.1 Å². The molecule has 2 aliphatic rings. The van der Waals surface area contributed by atoms with Gasteiger partial charge in [0.15, 0.2) is 0 Å². The molecule has 11 rings (SSSR count). The number of para-hydroxylation sites is 3. The lowest BCUT2D eigenvalue weighted by molar-refractivity contribution is 0.660. The average molecular weight is 781 g/mol. The zero-order valence-electron chi connectivity index (χ0n) is 34.3. The van der Waals surface area contributed by atoms with Gasteiger partial charge in [0.2, 0.25) is 0 Å². The summed E-state index contributed by atoms with van der Waals surface area (Å²) in [5, 5.41) is 0. The standard InChI is InChI=1S/C59H44N2/c1-59(2)52-32-18-15-30-48(52)49-37-35-46(40-53(49)59)60(54-33-19-16-29-47(54)41-21-7-3-8-22-41)45-36-38-56-51(39-45)58(57(42-23-9-4-10-24-42)43-25-11-5-12-26-43)50-31-17-20-34-55(50)61(56)44-27-13-6-14-28-44/h3-40H,1-2H3. The van der Waals surface area contributed by atoms with E-state index in [9.17, 15) is 0 Å². The molecule has 9 aromatic carbocycles. The molecular weight excluding hydrogens is 737 g/mol. The zero-order valence-corrected chi connectivity index (χ0v) is 34.3. The van der Waals surface area contributed by atoms with Gasteiger partial charge < -0.3 is 9.80 Å². The van der Waals surface area contributed by atoms with E-state index in [-0.39, 0.29) is 5.41 Å². The number of hydrogen-bond acceptors (Lipinski definition) is 2. The molecule has 0 saturated heterocycles. The second-order valence-electron chi connectivity index (χ2n) is 16.5. The predicted octanol–water partition coefficient (Wildman–Crippen LogP) is 15.9. The number of rotatable bonds is 7. The van der Waals surface area contributed by atoms with Crippen LogP contribution in [-0.4, -0.2) is 0 Å². The summed E-state index contributed by atoms with van der Waals surface area (Å²) < 4.78 is 0. The van der Waals surface area contributed by atoms with Gasteiger partial charge in [-0.25, -0.2) is 0 Å². The first-order chi connectivity index (χ1) is 30.1. The first kappa shape index (κ1) is 36.4. The van der Waals surface area contributed by atoms with Crippen molar-refractivity contribution in [3.8, 4) is 22.3 Å². The maximum absolute atomic E-state index is 2.48. The number of benzene rings is 9. The van der Waals surface area contributed by atoms with Crippen LogP contribution in [0.4, 0.5) is 34.1 Å². The van der Waals surface area contributed by atoms with Crippen LogP contribution >= 0.6 is 0 Å². The summed E-state index contributed by atoms with van der Waals surface area (Å²) in [6.45, 7) is 4.73. The lowest BCUT2D eigenvalue weighted by Crippen LogP contribution is -2.20. The van der Waals surface area contributed by atoms with Crippen LogP contribution in [0.1, 0.15) is 47.2 Å². The quantitative estimate of drug-likeness (QED) is 0.159. The van der Waals surface area contributed by atoms with Crippen LogP contribution in [0.5, 0.6) is 0 Å². The van der Waals surface area contributed by atoms with Gasteiger partial charge in [-0.1, -0.05) is 190 Å². The second-order valence-corrected chi connectivity index (χ2v) is 16.5. The van der Waals surface area contributed by atoms with E-state index in [2.05, 4.69) is 254 Å². The minimum Gasteiger partial charge on any atom is -0.310 e. The van der Waals surface area contributed by atoms with Crippen LogP contribution in [0.3, 0.4) is 0 Å². The molecule has 0 atom stereocenters. The maximum Gasteiger partial charge on any atom is 0.0542 e. The number of nitrogens with zero attached hydrogens (tertiary/aromatic N) is 2. The van der Waals surface area contributed by atoms with Crippen molar-refractivity contribution < 1.29 is 0 Å². The number of fused-ring (bicyclic) bond motifs is 5. The van der Waals surface area contributed by atoms with Crippen molar-refractivity contribution in [2.75, 3.05) is 9.80 Å². The Morgan fingerprint density at radius 1 is 0.393 bits per heavy atom. The second kappa shape index (κ2) is 14.9. The summed E-state index contributed by atoms with van der Waals surface area (Å²) in [4.78, 5) is 4.92. The fourth-order valence-corrected chi connectivity index (χ4v) is 9.79. The Hall–Kier alpha value is -7.68. The van der Waals surface area contributed by atoms with Crippen molar-refractivity contribution in [1.29, 1.82) is 0 Å². The Labute approximate surface area is 359 Å². The van der Waals surface area contributed by atoms with E-state index < -0.39 is 0 Å². The average Bonchev–Trinajstić information content (AvgIpc) is 3.55. The highest BCUT2D eigenvalue weighted by molar-refractivity contribution is 6.13. The molecule has 0 amide bonds. The van der Waals surface area contributed by atoms with E-state index >= 15 is 0 Å². The van der Waals surface area contributed by atoms with Crippen LogP contribution < -0.4 is 9.80 Å². The molecule has 1 heterocycles. The molecular formula is C59H44N2. The molecule has 0 unspecified atom stereocenters. The molecule has 1 aliphatic carbocycles. The van der Waals surface area contributed by atoms with Gasteiger partial charge >= 0.3 is 0 Å². The van der Waals surface area contributed by atoms with Crippen LogP contribution in [0.2, 0.25) is 0 Å². The molecule has 2 heteroatoms.